The van der Waals surface area contributed by atoms with Gasteiger partial charge in [-0.05, 0) is 75.1 Å². The van der Waals surface area contributed by atoms with E-state index in [1.807, 2.05) is 67.3 Å². The van der Waals surface area contributed by atoms with Crippen LogP contribution < -0.4 is 5.32 Å². The molecule has 0 saturated carbocycles. The van der Waals surface area contributed by atoms with E-state index in [0.717, 1.165) is 44.7 Å². The smallest absolute Gasteiger partial charge is 0.253 e. The maximum Gasteiger partial charge on any atom is 0.253 e. The maximum atomic E-state index is 12.3. The Kier molecular flexibility index (Phi) is 13.1. The summed E-state index contributed by atoms with van der Waals surface area (Å²) in [6.45, 7) is 13.1. The molecule has 0 aromatic heterocycles. The van der Waals surface area contributed by atoms with Crippen LogP contribution in [0.25, 0.3) is 0 Å². The first kappa shape index (κ1) is 30.6. The number of terminal acetylenes is 1. The van der Waals surface area contributed by atoms with Crippen LogP contribution in [0.1, 0.15) is 54.7 Å². The quantitative estimate of drug-likeness (QED) is 0.405. The Morgan fingerprint density at radius 3 is 2.18 bits per heavy atom. The van der Waals surface area contributed by atoms with E-state index in [2.05, 4.69) is 55.1 Å². The van der Waals surface area contributed by atoms with Crippen molar-refractivity contribution in [3.05, 3.63) is 101 Å². The van der Waals surface area contributed by atoms with E-state index in [1.165, 1.54) is 16.7 Å². The van der Waals surface area contributed by atoms with E-state index in [-0.39, 0.29) is 5.91 Å². The summed E-state index contributed by atoms with van der Waals surface area (Å²) in [6.07, 6.45) is 8.86. The van der Waals surface area contributed by atoms with Gasteiger partial charge >= 0.3 is 0 Å². The summed E-state index contributed by atoms with van der Waals surface area (Å²) in [5.41, 5.74) is 4.48. The zero-order valence-corrected chi connectivity index (χ0v) is 23.3. The summed E-state index contributed by atoms with van der Waals surface area (Å²) in [7, 11) is 0. The molecule has 1 heterocycles. The predicted molar refractivity (Wildman–Crippen MR) is 158 cm³/mol. The zero-order chi connectivity index (χ0) is 27.9. The van der Waals surface area contributed by atoms with Gasteiger partial charge in [-0.25, -0.2) is 0 Å². The zero-order valence-electron chi connectivity index (χ0n) is 23.3. The minimum atomic E-state index is 0.116. The number of carbonyl (C=O) groups is 1. The van der Waals surface area contributed by atoms with E-state index in [9.17, 15) is 9.90 Å². The maximum absolute atomic E-state index is 12.3. The average Bonchev–Trinajstić information content (AvgIpc) is 2.95. The van der Waals surface area contributed by atoms with Crippen LogP contribution in [0, 0.1) is 12.8 Å². The van der Waals surface area contributed by atoms with E-state index >= 15 is 0 Å². The second-order valence-electron chi connectivity index (χ2n) is 9.59. The molecule has 0 bridgehead atoms. The molecule has 0 radical (unpaired) electrons. The fourth-order valence-electron chi connectivity index (χ4n) is 4.49. The first-order valence-electron chi connectivity index (χ1n) is 13.4. The first-order chi connectivity index (χ1) is 18.4. The van der Waals surface area contributed by atoms with Gasteiger partial charge in [-0.2, -0.15) is 0 Å². The molecule has 38 heavy (non-hydrogen) atoms. The largest absolute Gasteiger partial charge is 0.508 e. The van der Waals surface area contributed by atoms with Crippen LogP contribution in [0.2, 0.25) is 0 Å². The van der Waals surface area contributed by atoms with Crippen LogP contribution in [-0.2, 0) is 13.0 Å². The lowest BCUT2D eigenvalue weighted by atomic mass is 10.0. The van der Waals surface area contributed by atoms with E-state index in [1.54, 1.807) is 12.1 Å². The topological polar surface area (TPSA) is 55.8 Å². The van der Waals surface area contributed by atoms with Gasteiger partial charge in [0.15, 0.2) is 0 Å². The van der Waals surface area contributed by atoms with Crippen LogP contribution >= 0.6 is 0 Å². The summed E-state index contributed by atoms with van der Waals surface area (Å²) >= 11 is 0. The molecule has 1 aliphatic rings. The molecule has 5 nitrogen and oxygen atoms in total. The van der Waals surface area contributed by atoms with Gasteiger partial charge in [-0.3, -0.25) is 9.69 Å². The summed E-state index contributed by atoms with van der Waals surface area (Å²) in [6, 6.07) is 26.9. The Morgan fingerprint density at radius 1 is 0.921 bits per heavy atom. The van der Waals surface area contributed by atoms with Crippen molar-refractivity contribution in [2.45, 2.75) is 52.7 Å². The molecule has 0 unspecified atom stereocenters. The number of hydrogen-bond acceptors (Lipinski definition) is 4. The van der Waals surface area contributed by atoms with Crippen molar-refractivity contribution in [1.29, 1.82) is 0 Å². The number of nitrogens with one attached hydrogen (secondary N) is 1. The number of phenols is 1. The summed E-state index contributed by atoms with van der Waals surface area (Å²) in [4.78, 5) is 16.7. The summed E-state index contributed by atoms with van der Waals surface area (Å²) < 4.78 is 0. The number of nitrogens with zero attached hydrogens (tertiary/aromatic N) is 2. The van der Waals surface area contributed by atoms with Crippen molar-refractivity contribution in [3.8, 4) is 18.6 Å². The van der Waals surface area contributed by atoms with Crippen molar-refractivity contribution >= 4 is 5.91 Å². The molecule has 0 spiro atoms. The average molecular weight is 514 g/mol. The molecule has 3 aromatic rings. The number of benzene rings is 3. The molecule has 1 saturated heterocycles. The highest BCUT2D eigenvalue weighted by molar-refractivity contribution is 5.94. The first-order valence-corrected chi connectivity index (χ1v) is 13.4. The van der Waals surface area contributed by atoms with E-state index < -0.39 is 0 Å². The molecular formula is C33H43N3O2. The van der Waals surface area contributed by atoms with Gasteiger partial charge in [0.1, 0.15) is 5.75 Å². The number of hydrogen-bond donors (Lipinski definition) is 2. The Balaban J connectivity index is 0.000000256. The lowest BCUT2D eigenvalue weighted by Gasteiger charge is -2.37. The standard InChI is InChI=1S/C18H21NO.C13H20N2O.C2H2/c1-3-19(4-2)18(20)17-12-8-11-16(14-17)13-15-9-6-5-7-10-15;1-10-8-15(11(2)7-14-10)9-12-3-5-13(16)6-4-12;1-2/h5-12,14H,3-4,13H2,1-2H3;3-6,10-11,14,16H,7-9H2,1-2H3;1-2H/t;10-,11+;/m.0./s1. The van der Waals surface area contributed by atoms with Gasteiger partial charge in [-0.1, -0.05) is 54.6 Å². The van der Waals surface area contributed by atoms with Gasteiger partial charge in [0.25, 0.3) is 5.91 Å². The molecule has 2 atom stereocenters. The number of phenolic OH excluding ortho intramolecular Hbond substituents is 1. The molecule has 4 rings (SSSR count). The molecule has 1 amide bonds. The number of amides is 1. The van der Waals surface area contributed by atoms with Crippen molar-refractivity contribution < 1.29 is 9.90 Å². The molecule has 1 fully saturated rings. The van der Waals surface area contributed by atoms with Gasteiger partial charge in [-0.15, -0.1) is 12.8 Å². The fraction of sp³-hybridized carbons (Fsp3) is 0.364. The Labute approximate surface area is 229 Å². The molecule has 2 N–H and O–H groups in total. The highest BCUT2D eigenvalue weighted by Crippen LogP contribution is 2.15. The Bertz CT molecular complexity index is 1110. The highest BCUT2D eigenvalue weighted by Gasteiger charge is 2.22. The normalized spacial score (nSPS) is 16.8. The monoisotopic (exact) mass is 513 g/mol. The van der Waals surface area contributed by atoms with Crippen molar-refractivity contribution in [3.63, 3.8) is 0 Å². The molecule has 3 aromatic carbocycles. The fourth-order valence-corrected chi connectivity index (χ4v) is 4.49. The number of aromatic hydroxyl groups is 1. The van der Waals surface area contributed by atoms with Crippen LogP contribution in [0.5, 0.6) is 5.75 Å². The van der Waals surface area contributed by atoms with Crippen molar-refractivity contribution in [1.82, 2.24) is 15.1 Å². The minimum Gasteiger partial charge on any atom is -0.508 e. The summed E-state index contributed by atoms with van der Waals surface area (Å²) in [5.74, 6) is 0.454. The number of rotatable bonds is 7. The van der Waals surface area contributed by atoms with Gasteiger partial charge in [0.2, 0.25) is 0 Å². The van der Waals surface area contributed by atoms with Crippen molar-refractivity contribution in [2.24, 2.45) is 0 Å². The second kappa shape index (κ2) is 16.3. The lowest BCUT2D eigenvalue weighted by molar-refractivity contribution is 0.0773. The number of carbonyl (C=O) groups excluding carboxylic acids is 1. The summed E-state index contributed by atoms with van der Waals surface area (Å²) in [5, 5.41) is 12.7. The predicted octanol–water partition coefficient (Wildman–Crippen LogP) is 5.58. The third-order valence-electron chi connectivity index (χ3n) is 6.69. The Hall–Kier alpha value is -3.59. The minimum absolute atomic E-state index is 0.116. The van der Waals surface area contributed by atoms with E-state index in [0.29, 0.717) is 17.8 Å². The third kappa shape index (κ3) is 9.70. The van der Waals surface area contributed by atoms with Gasteiger partial charge < -0.3 is 15.3 Å². The molecule has 0 aliphatic carbocycles. The lowest BCUT2D eigenvalue weighted by Crippen LogP contribution is -2.53. The van der Waals surface area contributed by atoms with Crippen LogP contribution in [0.15, 0.2) is 78.9 Å². The van der Waals surface area contributed by atoms with Crippen molar-refractivity contribution in [2.75, 3.05) is 26.2 Å². The van der Waals surface area contributed by atoms with Crippen LogP contribution in [0.4, 0.5) is 0 Å². The van der Waals surface area contributed by atoms with Crippen LogP contribution in [0.3, 0.4) is 0 Å². The van der Waals surface area contributed by atoms with E-state index in [4.69, 9.17) is 0 Å². The SMILES string of the molecule is C#C.CCN(CC)C(=O)c1cccc(Cc2ccccc2)c1.C[C@@H]1CN[C@@H](C)CN1Cc1ccc(O)cc1. The van der Waals surface area contributed by atoms with Crippen LogP contribution in [-0.4, -0.2) is 59.1 Å². The number of piperazine rings is 1. The Morgan fingerprint density at radius 2 is 1.55 bits per heavy atom. The molecular weight excluding hydrogens is 470 g/mol. The molecule has 1 aliphatic heterocycles. The molecule has 202 valence electrons. The van der Waals surface area contributed by atoms with Gasteiger partial charge in [0, 0.05) is 50.4 Å². The second-order valence-corrected chi connectivity index (χ2v) is 9.59. The highest BCUT2D eigenvalue weighted by atomic mass is 16.3. The molecule has 5 heteroatoms. The third-order valence-corrected chi connectivity index (χ3v) is 6.69. The van der Waals surface area contributed by atoms with Gasteiger partial charge in [0.05, 0.1) is 0 Å².